The maximum atomic E-state index is 12.5. The summed E-state index contributed by atoms with van der Waals surface area (Å²) in [5, 5.41) is 2.89. The summed E-state index contributed by atoms with van der Waals surface area (Å²) in [7, 11) is 0. The Morgan fingerprint density at radius 3 is 2.12 bits per heavy atom. The quantitative estimate of drug-likeness (QED) is 0.813. The number of nitrogens with zero attached hydrogens (tertiary/aromatic N) is 1. The zero-order valence-electron chi connectivity index (χ0n) is 11.6. The fourth-order valence-electron chi connectivity index (χ4n) is 2.25. The molecule has 2 atom stereocenters. The van der Waals surface area contributed by atoms with Crippen LogP contribution in [-0.4, -0.2) is 34.3 Å². The number of hydrogen-bond acceptors (Lipinski definition) is 2. The van der Waals surface area contributed by atoms with E-state index in [0.29, 0.717) is 19.4 Å². The first-order valence-electron chi connectivity index (χ1n) is 6.50. The highest BCUT2D eigenvalue weighted by Crippen LogP contribution is 2.30. The van der Waals surface area contributed by atoms with E-state index in [-0.39, 0.29) is 11.8 Å². The van der Waals surface area contributed by atoms with Crippen molar-refractivity contribution >= 4 is 11.8 Å². The SMILES string of the molecule is CCCN1C(=O)C(C)(CC)NC(=O)C1(C)CC. The molecule has 1 fully saturated rings. The van der Waals surface area contributed by atoms with E-state index in [9.17, 15) is 9.59 Å². The first kappa shape index (κ1) is 14.0. The topological polar surface area (TPSA) is 49.4 Å². The van der Waals surface area contributed by atoms with E-state index in [1.165, 1.54) is 0 Å². The van der Waals surface area contributed by atoms with Crippen molar-refractivity contribution in [2.75, 3.05) is 6.54 Å². The lowest BCUT2D eigenvalue weighted by Crippen LogP contribution is -2.73. The van der Waals surface area contributed by atoms with Crippen LogP contribution in [0.25, 0.3) is 0 Å². The summed E-state index contributed by atoms with van der Waals surface area (Å²) in [6, 6.07) is 0. The van der Waals surface area contributed by atoms with Crippen molar-refractivity contribution in [2.24, 2.45) is 0 Å². The van der Waals surface area contributed by atoms with Gasteiger partial charge in [0.1, 0.15) is 11.1 Å². The van der Waals surface area contributed by atoms with E-state index in [0.717, 1.165) is 6.42 Å². The molecule has 4 nitrogen and oxygen atoms in total. The average Bonchev–Trinajstić information content (AvgIpc) is 2.32. The third kappa shape index (κ3) is 2.05. The minimum absolute atomic E-state index is 0.0302. The monoisotopic (exact) mass is 240 g/mol. The van der Waals surface area contributed by atoms with Gasteiger partial charge >= 0.3 is 0 Å². The Bertz CT molecular complexity index is 329. The van der Waals surface area contributed by atoms with Gasteiger partial charge < -0.3 is 10.2 Å². The van der Waals surface area contributed by atoms with Crippen LogP contribution >= 0.6 is 0 Å². The van der Waals surface area contributed by atoms with Crippen LogP contribution < -0.4 is 5.32 Å². The molecule has 0 aromatic heterocycles. The summed E-state index contributed by atoms with van der Waals surface area (Å²) in [6.45, 7) is 10.2. The summed E-state index contributed by atoms with van der Waals surface area (Å²) >= 11 is 0. The van der Waals surface area contributed by atoms with Crippen molar-refractivity contribution in [2.45, 2.75) is 65.0 Å². The highest BCUT2D eigenvalue weighted by molar-refractivity contribution is 6.01. The lowest BCUT2D eigenvalue weighted by atomic mass is 9.84. The van der Waals surface area contributed by atoms with Crippen molar-refractivity contribution in [3.63, 3.8) is 0 Å². The van der Waals surface area contributed by atoms with E-state index in [4.69, 9.17) is 0 Å². The third-order valence-electron chi connectivity index (χ3n) is 4.03. The number of hydrogen-bond donors (Lipinski definition) is 1. The van der Waals surface area contributed by atoms with Crippen LogP contribution in [0, 0.1) is 0 Å². The van der Waals surface area contributed by atoms with E-state index in [1.807, 2.05) is 34.6 Å². The molecule has 2 amide bonds. The summed E-state index contributed by atoms with van der Waals surface area (Å²) in [5.41, 5.74) is -1.43. The molecule has 1 aliphatic rings. The molecule has 0 aliphatic carbocycles. The number of piperazine rings is 1. The van der Waals surface area contributed by atoms with Crippen molar-refractivity contribution in [3.05, 3.63) is 0 Å². The molecule has 1 N–H and O–H groups in total. The van der Waals surface area contributed by atoms with Gasteiger partial charge in [-0.05, 0) is 33.1 Å². The van der Waals surface area contributed by atoms with Crippen molar-refractivity contribution in [1.29, 1.82) is 0 Å². The molecule has 0 spiro atoms. The predicted molar refractivity (Wildman–Crippen MR) is 67.5 cm³/mol. The molecule has 0 saturated carbocycles. The Morgan fingerprint density at radius 1 is 1.12 bits per heavy atom. The second-order valence-corrected chi connectivity index (χ2v) is 5.22. The fraction of sp³-hybridized carbons (Fsp3) is 0.846. The maximum absolute atomic E-state index is 12.5. The molecule has 0 aromatic carbocycles. The molecule has 4 heteroatoms. The Balaban J connectivity index is 3.15. The van der Waals surface area contributed by atoms with Crippen LogP contribution in [-0.2, 0) is 9.59 Å². The molecule has 0 aromatic rings. The van der Waals surface area contributed by atoms with Crippen LogP contribution in [0.3, 0.4) is 0 Å². The number of nitrogens with one attached hydrogen (secondary N) is 1. The number of rotatable bonds is 4. The highest BCUT2D eigenvalue weighted by atomic mass is 16.2. The summed E-state index contributed by atoms with van der Waals surface area (Å²) < 4.78 is 0. The predicted octanol–water partition coefficient (Wildman–Crippen LogP) is 1.69. The Hall–Kier alpha value is -1.06. The first-order chi connectivity index (χ1) is 7.85. The summed E-state index contributed by atoms with van der Waals surface area (Å²) in [6.07, 6.45) is 2.14. The summed E-state index contributed by atoms with van der Waals surface area (Å²) in [5.74, 6) is 0.0169. The largest absolute Gasteiger partial charge is 0.340 e. The molecule has 98 valence electrons. The highest BCUT2D eigenvalue weighted by Gasteiger charge is 2.52. The molecule has 17 heavy (non-hydrogen) atoms. The van der Waals surface area contributed by atoms with Crippen molar-refractivity contribution in [3.8, 4) is 0 Å². The lowest BCUT2D eigenvalue weighted by Gasteiger charge is -2.49. The molecule has 0 bridgehead atoms. The van der Waals surface area contributed by atoms with Crippen LogP contribution in [0.5, 0.6) is 0 Å². The minimum atomic E-state index is -0.735. The van der Waals surface area contributed by atoms with Crippen LogP contribution in [0.4, 0.5) is 0 Å². The number of carbonyl (C=O) groups excluding carboxylic acids is 2. The van der Waals surface area contributed by atoms with E-state index < -0.39 is 11.1 Å². The zero-order valence-corrected chi connectivity index (χ0v) is 11.6. The second-order valence-electron chi connectivity index (χ2n) is 5.22. The van der Waals surface area contributed by atoms with Gasteiger partial charge in [0.15, 0.2) is 0 Å². The van der Waals surface area contributed by atoms with E-state index >= 15 is 0 Å². The standard InChI is InChI=1S/C13H24N2O2/c1-6-9-15-11(17)12(4,7-2)14-10(16)13(15,5)8-3/h6-9H2,1-5H3,(H,14,16). The lowest BCUT2D eigenvalue weighted by molar-refractivity contribution is -0.162. The van der Waals surface area contributed by atoms with Crippen LogP contribution in [0.1, 0.15) is 53.9 Å². The zero-order chi connectivity index (χ0) is 13.3. The molecular formula is C13H24N2O2. The van der Waals surface area contributed by atoms with Gasteiger partial charge in [0.2, 0.25) is 11.8 Å². The van der Waals surface area contributed by atoms with Gasteiger partial charge in [0, 0.05) is 6.54 Å². The Morgan fingerprint density at radius 2 is 1.71 bits per heavy atom. The molecule has 1 aliphatic heterocycles. The third-order valence-corrected chi connectivity index (χ3v) is 4.03. The molecule has 0 radical (unpaired) electrons. The van der Waals surface area contributed by atoms with Gasteiger partial charge in [-0.15, -0.1) is 0 Å². The number of amides is 2. The smallest absolute Gasteiger partial charge is 0.248 e. The van der Waals surface area contributed by atoms with E-state index in [2.05, 4.69) is 5.32 Å². The van der Waals surface area contributed by atoms with Gasteiger partial charge in [0.05, 0.1) is 0 Å². The molecule has 2 unspecified atom stereocenters. The minimum Gasteiger partial charge on any atom is -0.340 e. The van der Waals surface area contributed by atoms with Crippen LogP contribution in [0.15, 0.2) is 0 Å². The maximum Gasteiger partial charge on any atom is 0.248 e. The van der Waals surface area contributed by atoms with Gasteiger partial charge in [-0.2, -0.15) is 0 Å². The van der Waals surface area contributed by atoms with Gasteiger partial charge in [-0.25, -0.2) is 0 Å². The second kappa shape index (κ2) is 4.67. The normalized spacial score (nSPS) is 33.8. The first-order valence-corrected chi connectivity index (χ1v) is 6.50. The summed E-state index contributed by atoms with van der Waals surface area (Å²) in [4.78, 5) is 26.5. The van der Waals surface area contributed by atoms with E-state index in [1.54, 1.807) is 4.90 Å². The molecular weight excluding hydrogens is 216 g/mol. The Labute approximate surface area is 104 Å². The molecule has 1 rings (SSSR count). The van der Waals surface area contributed by atoms with Crippen LogP contribution in [0.2, 0.25) is 0 Å². The number of carbonyl (C=O) groups is 2. The van der Waals surface area contributed by atoms with Gasteiger partial charge in [0.25, 0.3) is 0 Å². The van der Waals surface area contributed by atoms with Crippen molar-refractivity contribution < 1.29 is 9.59 Å². The van der Waals surface area contributed by atoms with Crippen molar-refractivity contribution in [1.82, 2.24) is 10.2 Å². The van der Waals surface area contributed by atoms with Gasteiger partial charge in [-0.3, -0.25) is 9.59 Å². The molecule has 1 saturated heterocycles. The molecule has 1 heterocycles. The van der Waals surface area contributed by atoms with Gasteiger partial charge in [-0.1, -0.05) is 20.8 Å². The fourth-order valence-corrected chi connectivity index (χ4v) is 2.25. The average molecular weight is 240 g/mol. The Kier molecular flexibility index (Phi) is 3.84.